The summed E-state index contributed by atoms with van der Waals surface area (Å²) in [5, 5.41) is 18.8. The number of carboxylic acid groups (broad SMARTS) is 2. The summed E-state index contributed by atoms with van der Waals surface area (Å²) in [5.41, 5.74) is 5.78. The molecule has 4 N–H and O–H groups in total. The van der Waals surface area contributed by atoms with Crippen molar-refractivity contribution in [1.82, 2.24) is 0 Å². The molecule has 0 radical (unpaired) electrons. The largest absolute Gasteiger partial charge is 0.477 e. The molecule has 1 aromatic rings. The number of nitrogens with two attached hydrogens (primary N) is 1. The number of carboxylic acids is 2. The van der Waals surface area contributed by atoms with Crippen LogP contribution in [0.1, 0.15) is 5.56 Å². The molecule has 2 aliphatic heterocycles. The molecular formula is C14H11N3O4S. The van der Waals surface area contributed by atoms with Crippen molar-refractivity contribution in [1.29, 1.82) is 0 Å². The number of nitrogens with zero attached hydrogens (tertiary/aromatic N) is 2. The Morgan fingerprint density at radius 2 is 2.00 bits per heavy atom. The molecule has 8 heteroatoms. The van der Waals surface area contributed by atoms with E-state index < -0.39 is 17.5 Å². The van der Waals surface area contributed by atoms with E-state index in [1.54, 1.807) is 18.2 Å². The van der Waals surface area contributed by atoms with E-state index in [0.717, 1.165) is 15.8 Å². The van der Waals surface area contributed by atoms with Gasteiger partial charge in [-0.25, -0.2) is 9.59 Å². The van der Waals surface area contributed by atoms with Crippen LogP contribution in [0.4, 0.5) is 5.69 Å². The fourth-order valence-electron chi connectivity index (χ4n) is 2.21. The van der Waals surface area contributed by atoms with Crippen LogP contribution in [-0.4, -0.2) is 33.9 Å². The van der Waals surface area contributed by atoms with Crippen LogP contribution in [0.25, 0.3) is 5.70 Å². The van der Waals surface area contributed by atoms with E-state index in [9.17, 15) is 9.59 Å². The topological polar surface area (TPSA) is 116 Å². The first kappa shape index (κ1) is 14.2. The van der Waals surface area contributed by atoms with Gasteiger partial charge in [-0.05, 0) is 30.0 Å². The van der Waals surface area contributed by atoms with Crippen LogP contribution in [-0.2, 0) is 9.59 Å². The van der Waals surface area contributed by atoms with E-state index in [1.165, 1.54) is 11.8 Å². The minimum atomic E-state index is -1.57. The summed E-state index contributed by atoms with van der Waals surface area (Å²) in [4.78, 5) is 29.3. The zero-order valence-electron chi connectivity index (χ0n) is 11.2. The molecule has 0 saturated heterocycles. The van der Waals surface area contributed by atoms with Gasteiger partial charge in [0.1, 0.15) is 0 Å². The Balaban J connectivity index is 2.09. The van der Waals surface area contributed by atoms with Gasteiger partial charge in [-0.1, -0.05) is 6.07 Å². The Morgan fingerprint density at radius 3 is 2.68 bits per heavy atom. The molecule has 0 atom stereocenters. The number of fused-ring (bicyclic) bond motifs is 3. The van der Waals surface area contributed by atoms with Crippen molar-refractivity contribution in [3.63, 3.8) is 0 Å². The molecule has 0 spiro atoms. The zero-order valence-corrected chi connectivity index (χ0v) is 12.0. The molecule has 0 fully saturated rings. The quantitative estimate of drug-likeness (QED) is 0.437. The molecule has 0 aromatic heterocycles. The van der Waals surface area contributed by atoms with Gasteiger partial charge < -0.3 is 15.9 Å². The van der Waals surface area contributed by atoms with Gasteiger partial charge in [0.05, 0.1) is 17.9 Å². The van der Waals surface area contributed by atoms with Crippen LogP contribution in [0.15, 0.2) is 45.9 Å². The first-order chi connectivity index (χ1) is 10.5. The van der Waals surface area contributed by atoms with Gasteiger partial charge in [0.15, 0.2) is 10.7 Å². The van der Waals surface area contributed by atoms with E-state index in [0.29, 0.717) is 12.1 Å². The molecular weight excluding hydrogens is 306 g/mol. The number of thioether (sulfide) groups is 1. The number of amidine groups is 1. The third-order valence-electron chi connectivity index (χ3n) is 3.22. The van der Waals surface area contributed by atoms with Gasteiger partial charge in [-0.3, -0.25) is 9.89 Å². The van der Waals surface area contributed by atoms with Crippen LogP contribution in [0.5, 0.6) is 0 Å². The summed E-state index contributed by atoms with van der Waals surface area (Å²) in [7, 11) is 0. The van der Waals surface area contributed by atoms with Crippen molar-refractivity contribution in [3.05, 3.63) is 41.6 Å². The van der Waals surface area contributed by atoms with Crippen molar-refractivity contribution in [2.75, 3.05) is 11.4 Å². The average molecular weight is 317 g/mol. The zero-order chi connectivity index (χ0) is 15.9. The molecule has 0 saturated carbocycles. The Hall–Kier alpha value is -2.74. The Bertz CT molecular complexity index is 766. The van der Waals surface area contributed by atoms with Crippen LogP contribution < -0.4 is 10.6 Å². The lowest BCUT2D eigenvalue weighted by Gasteiger charge is -2.17. The second kappa shape index (κ2) is 5.23. The SMILES string of the molecule is NC(=C(C(=O)O)C(=O)O)c1ccc2c(c1)N1C=CCN=C1S2. The van der Waals surface area contributed by atoms with Crippen LogP contribution in [0, 0.1) is 0 Å². The molecule has 22 heavy (non-hydrogen) atoms. The average Bonchev–Trinajstić information content (AvgIpc) is 2.84. The van der Waals surface area contributed by atoms with Gasteiger partial charge in [0.25, 0.3) is 0 Å². The van der Waals surface area contributed by atoms with Crippen molar-refractivity contribution in [2.24, 2.45) is 10.7 Å². The Morgan fingerprint density at radius 1 is 1.27 bits per heavy atom. The lowest BCUT2D eigenvalue weighted by atomic mass is 10.1. The summed E-state index contributed by atoms with van der Waals surface area (Å²) in [6, 6.07) is 5.05. The Kier molecular flexibility index (Phi) is 3.38. The fourth-order valence-corrected chi connectivity index (χ4v) is 3.20. The van der Waals surface area contributed by atoms with E-state index in [2.05, 4.69) is 4.99 Å². The number of aliphatic imine (C=N–C) groups is 1. The second-order valence-corrected chi connectivity index (χ2v) is 5.57. The molecule has 7 nitrogen and oxygen atoms in total. The lowest BCUT2D eigenvalue weighted by Crippen LogP contribution is -2.21. The van der Waals surface area contributed by atoms with Crippen LogP contribution in [0.3, 0.4) is 0 Å². The first-order valence-electron chi connectivity index (χ1n) is 6.28. The molecule has 0 bridgehead atoms. The maximum Gasteiger partial charge on any atom is 0.345 e. The highest BCUT2D eigenvalue weighted by atomic mass is 32.2. The van der Waals surface area contributed by atoms with Crippen molar-refractivity contribution in [2.45, 2.75) is 4.90 Å². The predicted octanol–water partition coefficient (Wildman–Crippen LogP) is 1.32. The molecule has 3 rings (SSSR count). The maximum absolute atomic E-state index is 11.1. The minimum absolute atomic E-state index is 0.279. The summed E-state index contributed by atoms with van der Waals surface area (Å²) >= 11 is 1.50. The van der Waals surface area contributed by atoms with E-state index in [-0.39, 0.29) is 5.70 Å². The summed E-state index contributed by atoms with van der Waals surface area (Å²) in [5.74, 6) is -3.14. The predicted molar refractivity (Wildman–Crippen MR) is 82.6 cm³/mol. The number of hydrogen-bond acceptors (Lipinski definition) is 6. The highest BCUT2D eigenvalue weighted by Crippen LogP contribution is 2.42. The molecule has 2 heterocycles. The van der Waals surface area contributed by atoms with Crippen LogP contribution >= 0.6 is 11.8 Å². The summed E-state index contributed by atoms with van der Waals surface area (Å²) in [6.45, 7) is 0.615. The number of carbonyl (C=O) groups is 2. The maximum atomic E-state index is 11.1. The normalized spacial score (nSPS) is 14.9. The molecule has 2 aliphatic rings. The van der Waals surface area contributed by atoms with Crippen molar-refractivity contribution >= 4 is 40.3 Å². The third kappa shape index (κ3) is 2.23. The fraction of sp³-hybridized carbons (Fsp3) is 0.0714. The number of aliphatic carboxylic acids is 2. The van der Waals surface area contributed by atoms with Crippen molar-refractivity contribution < 1.29 is 19.8 Å². The van der Waals surface area contributed by atoms with Gasteiger partial charge in [-0.15, -0.1) is 0 Å². The molecule has 112 valence electrons. The highest BCUT2D eigenvalue weighted by Gasteiger charge is 2.28. The lowest BCUT2D eigenvalue weighted by molar-refractivity contribution is -0.140. The van der Waals surface area contributed by atoms with E-state index in [4.69, 9.17) is 15.9 Å². The summed E-state index contributed by atoms with van der Waals surface area (Å²) in [6.07, 6.45) is 3.77. The molecule has 0 unspecified atom stereocenters. The number of rotatable bonds is 3. The smallest absolute Gasteiger partial charge is 0.345 e. The Labute approximate surface area is 129 Å². The van der Waals surface area contributed by atoms with E-state index >= 15 is 0 Å². The van der Waals surface area contributed by atoms with E-state index in [1.807, 2.05) is 17.2 Å². The molecule has 0 amide bonds. The van der Waals surface area contributed by atoms with Gasteiger partial charge >= 0.3 is 11.9 Å². The minimum Gasteiger partial charge on any atom is -0.477 e. The number of anilines is 1. The van der Waals surface area contributed by atoms with Crippen LogP contribution in [0.2, 0.25) is 0 Å². The monoisotopic (exact) mass is 317 g/mol. The molecule has 1 aromatic carbocycles. The highest BCUT2D eigenvalue weighted by molar-refractivity contribution is 8.14. The second-order valence-electron chi connectivity index (χ2n) is 4.56. The third-order valence-corrected chi connectivity index (χ3v) is 4.29. The number of hydrogen-bond donors (Lipinski definition) is 3. The van der Waals surface area contributed by atoms with Gasteiger partial charge in [0, 0.05) is 16.7 Å². The van der Waals surface area contributed by atoms with Gasteiger partial charge in [-0.2, -0.15) is 0 Å². The van der Waals surface area contributed by atoms with Crippen molar-refractivity contribution in [3.8, 4) is 0 Å². The standard InChI is InChI=1S/C14H11N3O4S/c15-11(10(12(18)19)13(20)21)7-2-3-9-8(6-7)17-5-1-4-16-14(17)22-9/h1-3,5-6H,4,15H2,(H,18,19)(H,20,21). The van der Waals surface area contributed by atoms with Gasteiger partial charge in [0.2, 0.25) is 0 Å². The molecule has 0 aliphatic carbocycles. The first-order valence-corrected chi connectivity index (χ1v) is 7.09. The number of benzene rings is 1. The summed E-state index contributed by atoms with van der Waals surface area (Å²) < 4.78 is 0.